The fourth-order valence-electron chi connectivity index (χ4n) is 6.89. The van der Waals surface area contributed by atoms with Gasteiger partial charge in [0.15, 0.2) is 0 Å². The van der Waals surface area contributed by atoms with Crippen LogP contribution < -0.4 is 0 Å². The van der Waals surface area contributed by atoms with Crippen molar-refractivity contribution < 1.29 is 19.4 Å². The minimum absolute atomic E-state index is 0.0160. The summed E-state index contributed by atoms with van der Waals surface area (Å²) >= 11 is 3.84. The number of hydrogen-bond donors (Lipinski definition) is 1. The molecule has 0 aromatic carbocycles. The second-order valence-corrected chi connectivity index (χ2v) is 11.4. The number of rotatable bonds is 2. The summed E-state index contributed by atoms with van der Waals surface area (Å²) in [7, 11) is 0. The predicted octanol–water partition coefficient (Wildman–Crippen LogP) is 4.63. The van der Waals surface area contributed by atoms with Crippen molar-refractivity contribution >= 4 is 21.9 Å². The molecule has 1 heterocycles. The molecule has 2 aliphatic carbocycles. The van der Waals surface area contributed by atoms with Crippen LogP contribution in [0.1, 0.15) is 67.2 Å². The van der Waals surface area contributed by atoms with Gasteiger partial charge >= 0.3 is 5.97 Å². The number of fused-ring (bicyclic) bond motifs is 3. The Labute approximate surface area is 172 Å². The van der Waals surface area contributed by atoms with Crippen LogP contribution in [0.25, 0.3) is 0 Å². The topological polar surface area (TPSA) is 55.8 Å². The number of aliphatic hydroxyl groups is 1. The first-order valence-electron chi connectivity index (χ1n) is 10.1. The molecule has 0 spiro atoms. The fraction of sp³-hybridized carbons (Fsp3) is 0.864. The van der Waals surface area contributed by atoms with Crippen LogP contribution in [0.15, 0.2) is 12.7 Å². The number of carbonyl (C=O) groups is 1. The highest BCUT2D eigenvalue weighted by Gasteiger charge is 2.69. The maximum Gasteiger partial charge on any atom is 0.302 e. The Morgan fingerprint density at radius 2 is 1.93 bits per heavy atom. The van der Waals surface area contributed by atoms with Crippen molar-refractivity contribution in [2.45, 2.75) is 95.5 Å². The van der Waals surface area contributed by atoms with Crippen molar-refractivity contribution in [2.75, 3.05) is 0 Å². The van der Waals surface area contributed by atoms with Crippen LogP contribution in [-0.2, 0) is 14.3 Å². The molecule has 0 radical (unpaired) electrons. The van der Waals surface area contributed by atoms with Gasteiger partial charge < -0.3 is 14.6 Å². The Hall–Kier alpha value is -0.390. The molecule has 5 heteroatoms. The van der Waals surface area contributed by atoms with E-state index in [1.54, 1.807) is 0 Å². The second kappa shape index (κ2) is 6.56. The first-order chi connectivity index (χ1) is 12.3. The van der Waals surface area contributed by atoms with Gasteiger partial charge in [0, 0.05) is 29.5 Å². The first-order valence-corrected chi connectivity index (χ1v) is 11.0. The van der Waals surface area contributed by atoms with Crippen LogP contribution in [0.4, 0.5) is 0 Å². The summed E-state index contributed by atoms with van der Waals surface area (Å²) in [6, 6.07) is 0. The number of carbonyl (C=O) groups excluding carboxylic acids is 1. The lowest BCUT2D eigenvalue weighted by atomic mass is 9.42. The second-order valence-electron chi connectivity index (χ2n) is 10.3. The highest BCUT2D eigenvalue weighted by molar-refractivity contribution is 9.09. The van der Waals surface area contributed by atoms with E-state index in [0.717, 1.165) is 19.3 Å². The average molecular weight is 443 g/mol. The number of aliphatic hydroxyl groups excluding tert-OH is 1. The van der Waals surface area contributed by atoms with Gasteiger partial charge in [-0.15, -0.1) is 6.58 Å². The van der Waals surface area contributed by atoms with Crippen LogP contribution in [0.3, 0.4) is 0 Å². The zero-order valence-electron chi connectivity index (χ0n) is 17.5. The minimum Gasteiger partial charge on any atom is -0.462 e. The molecule has 0 aromatic heterocycles. The summed E-state index contributed by atoms with van der Waals surface area (Å²) in [5.74, 6) is -0.0360. The van der Waals surface area contributed by atoms with Crippen LogP contribution in [0, 0.1) is 22.7 Å². The lowest BCUT2D eigenvalue weighted by Gasteiger charge is -2.68. The molecule has 1 N–H and O–H groups in total. The molecule has 3 fully saturated rings. The molecule has 4 nitrogen and oxygen atoms in total. The standard InChI is InChI=1S/C22H35BrO4/c1-8-20(5)10-9-15-21(6,27-20)12-14(25)18-19(3,4)16(23)11-17(22(15,18)7)26-13(2)24/h8,14-18,25H,1,9-12H2,2-7H3/t14-,15+,16+,17-,18?,20-,21-,22+/m0/s1. The van der Waals surface area contributed by atoms with Crippen molar-refractivity contribution in [1.82, 2.24) is 0 Å². The molecular formula is C22H35BrO4. The summed E-state index contributed by atoms with van der Waals surface area (Å²) in [6.45, 7) is 16.3. The molecule has 0 aromatic rings. The third-order valence-electron chi connectivity index (χ3n) is 8.02. The van der Waals surface area contributed by atoms with E-state index in [0.29, 0.717) is 6.42 Å². The SMILES string of the molecule is C=C[C@@]1(C)CC[C@H]2[C@@]3(C)C([C@@H](O)C[C@]2(C)O1)C(C)(C)[C@H](Br)C[C@@H]3OC(C)=O. The maximum absolute atomic E-state index is 11.9. The molecule has 1 aliphatic heterocycles. The van der Waals surface area contributed by atoms with E-state index in [2.05, 4.69) is 57.1 Å². The van der Waals surface area contributed by atoms with Crippen molar-refractivity contribution in [1.29, 1.82) is 0 Å². The monoisotopic (exact) mass is 442 g/mol. The minimum atomic E-state index is -0.517. The van der Waals surface area contributed by atoms with Gasteiger partial charge in [-0.25, -0.2) is 0 Å². The molecule has 1 unspecified atom stereocenters. The summed E-state index contributed by atoms with van der Waals surface area (Å²) in [5.41, 5.74) is -1.33. The van der Waals surface area contributed by atoms with Gasteiger partial charge in [0.25, 0.3) is 0 Å². The Kier molecular flexibility index (Phi) is 5.18. The number of hydrogen-bond acceptors (Lipinski definition) is 4. The van der Waals surface area contributed by atoms with Gasteiger partial charge in [0.05, 0.1) is 17.3 Å². The lowest BCUT2D eigenvalue weighted by Crippen LogP contribution is -2.71. The molecule has 3 rings (SSSR count). The highest BCUT2D eigenvalue weighted by atomic mass is 79.9. The quantitative estimate of drug-likeness (QED) is 0.384. The molecule has 8 atom stereocenters. The van der Waals surface area contributed by atoms with Gasteiger partial charge in [-0.1, -0.05) is 42.8 Å². The zero-order valence-corrected chi connectivity index (χ0v) is 19.1. The summed E-state index contributed by atoms with van der Waals surface area (Å²) in [4.78, 5) is 12.1. The van der Waals surface area contributed by atoms with Crippen molar-refractivity contribution in [3.63, 3.8) is 0 Å². The Morgan fingerprint density at radius 1 is 1.30 bits per heavy atom. The van der Waals surface area contributed by atoms with E-state index in [1.165, 1.54) is 6.92 Å². The Balaban J connectivity index is 2.11. The first kappa shape index (κ1) is 21.3. The lowest BCUT2D eigenvalue weighted by molar-refractivity contribution is -0.297. The van der Waals surface area contributed by atoms with Crippen molar-refractivity contribution in [3.05, 3.63) is 12.7 Å². The van der Waals surface area contributed by atoms with E-state index in [9.17, 15) is 9.90 Å². The normalized spacial score (nSPS) is 51.6. The summed E-state index contributed by atoms with van der Waals surface area (Å²) in [5, 5.41) is 11.4. The van der Waals surface area contributed by atoms with E-state index in [4.69, 9.17) is 9.47 Å². The van der Waals surface area contributed by atoms with Gasteiger partial charge in [-0.05, 0) is 44.4 Å². The molecular weight excluding hydrogens is 408 g/mol. The van der Waals surface area contributed by atoms with Crippen molar-refractivity contribution in [2.24, 2.45) is 22.7 Å². The number of esters is 1. The predicted molar refractivity (Wildman–Crippen MR) is 110 cm³/mol. The maximum atomic E-state index is 11.9. The fourth-order valence-corrected chi connectivity index (χ4v) is 7.51. The Bertz CT molecular complexity index is 634. The number of halogens is 1. The summed E-state index contributed by atoms with van der Waals surface area (Å²) < 4.78 is 12.5. The Morgan fingerprint density at radius 3 is 2.48 bits per heavy atom. The van der Waals surface area contributed by atoms with Crippen LogP contribution in [0.2, 0.25) is 0 Å². The smallest absolute Gasteiger partial charge is 0.302 e. The van der Waals surface area contributed by atoms with E-state index < -0.39 is 11.7 Å². The number of alkyl halides is 1. The van der Waals surface area contributed by atoms with E-state index >= 15 is 0 Å². The largest absolute Gasteiger partial charge is 0.462 e. The molecule has 1 saturated heterocycles. The van der Waals surface area contributed by atoms with Crippen LogP contribution >= 0.6 is 15.9 Å². The van der Waals surface area contributed by atoms with Gasteiger partial charge in [-0.3, -0.25) is 4.79 Å². The molecule has 154 valence electrons. The van der Waals surface area contributed by atoms with Crippen LogP contribution in [-0.4, -0.2) is 39.3 Å². The van der Waals surface area contributed by atoms with Gasteiger partial charge in [0.1, 0.15) is 6.10 Å². The third-order valence-corrected chi connectivity index (χ3v) is 9.57. The molecule has 2 saturated carbocycles. The van der Waals surface area contributed by atoms with Gasteiger partial charge in [0.2, 0.25) is 0 Å². The zero-order chi connectivity index (χ0) is 20.4. The molecule has 0 amide bonds. The molecule has 0 bridgehead atoms. The van der Waals surface area contributed by atoms with Crippen LogP contribution in [0.5, 0.6) is 0 Å². The van der Waals surface area contributed by atoms with E-state index in [1.807, 2.05) is 6.08 Å². The third kappa shape index (κ3) is 3.12. The number of ether oxygens (including phenoxy) is 2. The average Bonchev–Trinajstić information content (AvgIpc) is 2.50. The van der Waals surface area contributed by atoms with Crippen molar-refractivity contribution in [3.8, 4) is 0 Å². The molecule has 3 aliphatic rings. The summed E-state index contributed by atoms with van der Waals surface area (Å²) in [6.07, 6.45) is 4.33. The van der Waals surface area contributed by atoms with E-state index in [-0.39, 0.29) is 45.2 Å². The van der Waals surface area contributed by atoms with Gasteiger partial charge in [-0.2, -0.15) is 0 Å². The highest BCUT2D eigenvalue weighted by Crippen LogP contribution is 2.67. The molecule has 27 heavy (non-hydrogen) atoms.